The second-order valence-corrected chi connectivity index (χ2v) is 3.57. The Morgan fingerprint density at radius 2 is 2.38 bits per heavy atom. The van der Waals surface area contributed by atoms with Crippen LogP contribution < -0.4 is 0 Å². The van der Waals surface area contributed by atoms with Crippen LogP contribution in [0.3, 0.4) is 0 Å². The fourth-order valence-corrected chi connectivity index (χ4v) is 1.71. The van der Waals surface area contributed by atoms with Crippen LogP contribution in [0.25, 0.3) is 0 Å². The number of hydrogen-bond donors (Lipinski definition) is 1. The number of rotatable bonds is 3. The van der Waals surface area contributed by atoms with Gasteiger partial charge in [0.15, 0.2) is 0 Å². The number of amides is 1. The van der Waals surface area contributed by atoms with Gasteiger partial charge >= 0.3 is 6.09 Å². The van der Waals surface area contributed by atoms with Crippen molar-refractivity contribution in [3.05, 3.63) is 0 Å². The average Bonchev–Trinajstić information content (AvgIpc) is 2.04. The van der Waals surface area contributed by atoms with Gasteiger partial charge < -0.3 is 14.7 Å². The van der Waals surface area contributed by atoms with Gasteiger partial charge in [0.05, 0.1) is 6.61 Å². The number of nitrogens with zero attached hydrogens (tertiary/aromatic N) is 1. The zero-order valence-electron chi connectivity index (χ0n) is 8.19. The van der Waals surface area contributed by atoms with Crippen molar-refractivity contribution in [2.45, 2.75) is 38.8 Å². The smallest absolute Gasteiger partial charge is 0.410 e. The predicted molar refractivity (Wildman–Crippen MR) is 48.4 cm³/mol. The number of cyclic esters (lactones) is 1. The molecule has 1 atom stereocenters. The van der Waals surface area contributed by atoms with Crippen LogP contribution in [0.5, 0.6) is 0 Å². The Bertz CT molecular complexity index is 180. The summed E-state index contributed by atoms with van der Waals surface area (Å²) in [5.74, 6) is 0. The molecular weight excluding hydrogens is 170 g/mol. The van der Waals surface area contributed by atoms with Gasteiger partial charge in [-0.3, -0.25) is 0 Å². The summed E-state index contributed by atoms with van der Waals surface area (Å²) in [6, 6.07) is 0.288. The SMILES string of the molecule is CC(C)N1C(=O)OCCC1CCO. The number of aliphatic hydroxyl groups excluding tert-OH is 1. The third-order valence-electron chi connectivity index (χ3n) is 2.30. The maximum Gasteiger partial charge on any atom is 0.410 e. The number of carbonyl (C=O) groups is 1. The van der Waals surface area contributed by atoms with Crippen LogP contribution in [0.15, 0.2) is 0 Å². The van der Waals surface area contributed by atoms with Crippen LogP contribution in [-0.2, 0) is 4.74 Å². The van der Waals surface area contributed by atoms with Crippen molar-refractivity contribution in [1.29, 1.82) is 0 Å². The van der Waals surface area contributed by atoms with Crippen LogP contribution in [0, 0.1) is 0 Å². The molecule has 0 bridgehead atoms. The lowest BCUT2D eigenvalue weighted by molar-refractivity contribution is 0.0234. The molecule has 76 valence electrons. The van der Waals surface area contributed by atoms with Crippen molar-refractivity contribution in [2.75, 3.05) is 13.2 Å². The van der Waals surface area contributed by atoms with Gasteiger partial charge in [0, 0.05) is 25.1 Å². The zero-order chi connectivity index (χ0) is 9.84. The monoisotopic (exact) mass is 187 g/mol. The minimum atomic E-state index is -0.250. The van der Waals surface area contributed by atoms with Gasteiger partial charge in [-0.25, -0.2) is 4.79 Å². The van der Waals surface area contributed by atoms with E-state index in [0.717, 1.165) is 6.42 Å². The highest BCUT2D eigenvalue weighted by Crippen LogP contribution is 2.18. The van der Waals surface area contributed by atoms with Crippen LogP contribution >= 0.6 is 0 Å². The molecule has 1 fully saturated rings. The first kappa shape index (κ1) is 10.3. The summed E-state index contributed by atoms with van der Waals surface area (Å²) in [5.41, 5.74) is 0. The highest BCUT2D eigenvalue weighted by Gasteiger charge is 2.30. The summed E-state index contributed by atoms with van der Waals surface area (Å²) in [5, 5.41) is 8.83. The highest BCUT2D eigenvalue weighted by molar-refractivity contribution is 5.69. The van der Waals surface area contributed by atoms with Crippen molar-refractivity contribution >= 4 is 6.09 Å². The summed E-state index contributed by atoms with van der Waals surface area (Å²) in [4.78, 5) is 13.1. The van der Waals surface area contributed by atoms with E-state index in [9.17, 15) is 4.79 Å². The first-order valence-electron chi connectivity index (χ1n) is 4.72. The third-order valence-corrected chi connectivity index (χ3v) is 2.30. The minimum Gasteiger partial charge on any atom is -0.449 e. The average molecular weight is 187 g/mol. The molecular formula is C9H17NO3. The number of hydrogen-bond acceptors (Lipinski definition) is 3. The molecule has 0 spiro atoms. The number of ether oxygens (including phenoxy) is 1. The molecule has 0 aromatic carbocycles. The fourth-order valence-electron chi connectivity index (χ4n) is 1.71. The molecule has 13 heavy (non-hydrogen) atoms. The molecule has 4 nitrogen and oxygen atoms in total. The molecule has 1 rings (SSSR count). The van der Waals surface area contributed by atoms with E-state index in [0.29, 0.717) is 13.0 Å². The standard InChI is InChI=1S/C9H17NO3/c1-7(2)10-8(3-5-11)4-6-13-9(10)12/h7-8,11H,3-6H2,1-2H3. The molecule has 1 aliphatic heterocycles. The first-order chi connectivity index (χ1) is 6.16. The molecule has 0 saturated carbocycles. The molecule has 0 aromatic rings. The first-order valence-corrected chi connectivity index (χ1v) is 4.72. The maximum absolute atomic E-state index is 11.3. The molecule has 1 heterocycles. The van der Waals surface area contributed by atoms with E-state index >= 15 is 0 Å². The van der Waals surface area contributed by atoms with Crippen molar-refractivity contribution in [1.82, 2.24) is 4.90 Å². The van der Waals surface area contributed by atoms with E-state index in [-0.39, 0.29) is 24.8 Å². The summed E-state index contributed by atoms with van der Waals surface area (Å²) in [6.07, 6.45) is 1.22. The van der Waals surface area contributed by atoms with E-state index in [4.69, 9.17) is 9.84 Å². The Balaban J connectivity index is 2.62. The van der Waals surface area contributed by atoms with Gasteiger partial charge in [0.25, 0.3) is 0 Å². The molecule has 1 saturated heterocycles. The minimum absolute atomic E-state index is 0.126. The molecule has 0 aliphatic carbocycles. The molecule has 1 aliphatic rings. The van der Waals surface area contributed by atoms with Crippen LogP contribution in [0.1, 0.15) is 26.7 Å². The van der Waals surface area contributed by atoms with Crippen molar-refractivity contribution in [2.24, 2.45) is 0 Å². The van der Waals surface area contributed by atoms with E-state index in [1.54, 1.807) is 4.90 Å². The molecule has 0 radical (unpaired) electrons. The largest absolute Gasteiger partial charge is 0.449 e. The molecule has 1 amide bonds. The van der Waals surface area contributed by atoms with Crippen molar-refractivity contribution < 1.29 is 14.6 Å². The zero-order valence-corrected chi connectivity index (χ0v) is 8.19. The highest BCUT2D eigenvalue weighted by atomic mass is 16.6. The van der Waals surface area contributed by atoms with E-state index in [2.05, 4.69) is 0 Å². The van der Waals surface area contributed by atoms with Crippen LogP contribution in [0.2, 0.25) is 0 Å². The second-order valence-electron chi connectivity index (χ2n) is 3.57. The van der Waals surface area contributed by atoms with Gasteiger partial charge in [0.1, 0.15) is 0 Å². The second kappa shape index (κ2) is 4.46. The number of carbonyl (C=O) groups excluding carboxylic acids is 1. The lowest BCUT2D eigenvalue weighted by atomic mass is 10.1. The summed E-state index contributed by atoms with van der Waals surface area (Å²) >= 11 is 0. The topological polar surface area (TPSA) is 49.8 Å². The predicted octanol–water partition coefficient (Wildman–Crippen LogP) is 0.988. The number of aliphatic hydroxyl groups is 1. The summed E-state index contributed by atoms with van der Waals surface area (Å²) in [7, 11) is 0. The van der Waals surface area contributed by atoms with Gasteiger partial charge in [-0.2, -0.15) is 0 Å². The molecule has 4 heteroatoms. The van der Waals surface area contributed by atoms with E-state index < -0.39 is 0 Å². The van der Waals surface area contributed by atoms with Crippen LogP contribution in [0.4, 0.5) is 4.79 Å². The Labute approximate surface area is 78.5 Å². The van der Waals surface area contributed by atoms with Gasteiger partial charge in [-0.05, 0) is 20.3 Å². The normalized spacial score (nSPS) is 23.5. The summed E-state index contributed by atoms with van der Waals surface area (Å²) in [6.45, 7) is 4.52. The quantitative estimate of drug-likeness (QED) is 0.716. The van der Waals surface area contributed by atoms with E-state index in [1.165, 1.54) is 0 Å². The van der Waals surface area contributed by atoms with Gasteiger partial charge in [0.2, 0.25) is 0 Å². The van der Waals surface area contributed by atoms with Gasteiger partial charge in [-0.1, -0.05) is 0 Å². The fraction of sp³-hybridized carbons (Fsp3) is 0.889. The van der Waals surface area contributed by atoms with Crippen molar-refractivity contribution in [3.8, 4) is 0 Å². The molecule has 1 unspecified atom stereocenters. The Morgan fingerprint density at radius 1 is 1.69 bits per heavy atom. The third kappa shape index (κ3) is 2.34. The van der Waals surface area contributed by atoms with Gasteiger partial charge in [-0.15, -0.1) is 0 Å². The molecule has 0 aromatic heterocycles. The Hall–Kier alpha value is -0.770. The summed E-state index contributed by atoms with van der Waals surface area (Å²) < 4.78 is 4.93. The van der Waals surface area contributed by atoms with Crippen molar-refractivity contribution in [3.63, 3.8) is 0 Å². The van der Waals surface area contributed by atoms with Crippen LogP contribution in [-0.4, -0.2) is 41.4 Å². The maximum atomic E-state index is 11.3. The molecule has 1 N–H and O–H groups in total. The van der Waals surface area contributed by atoms with E-state index in [1.807, 2.05) is 13.8 Å². The Kier molecular flexibility index (Phi) is 3.54. The lowest BCUT2D eigenvalue weighted by Crippen LogP contribution is -2.49. The lowest BCUT2D eigenvalue weighted by Gasteiger charge is -2.37. The Morgan fingerprint density at radius 3 is 2.92 bits per heavy atom.